The van der Waals surface area contributed by atoms with E-state index in [1.54, 1.807) is 48.5 Å². The van der Waals surface area contributed by atoms with Crippen molar-refractivity contribution in [2.24, 2.45) is 0 Å². The van der Waals surface area contributed by atoms with Crippen molar-refractivity contribution in [2.45, 2.75) is 0 Å². The highest BCUT2D eigenvalue weighted by atomic mass is 32.1. The predicted octanol–water partition coefficient (Wildman–Crippen LogP) is 2.49. The predicted molar refractivity (Wildman–Crippen MR) is 121 cm³/mol. The van der Waals surface area contributed by atoms with Gasteiger partial charge in [-0.2, -0.15) is 4.98 Å². The summed E-state index contributed by atoms with van der Waals surface area (Å²) in [6, 6.07) is 14.8. The Hall–Kier alpha value is -3.96. The first-order chi connectivity index (χ1) is 14.9. The Morgan fingerprint density at radius 3 is 1.84 bits per heavy atom. The van der Waals surface area contributed by atoms with Crippen LogP contribution in [0.2, 0.25) is 0 Å². The Morgan fingerprint density at radius 1 is 0.710 bits per heavy atom. The fraction of sp³-hybridized carbons (Fsp3) is 0. The van der Waals surface area contributed by atoms with Gasteiger partial charge in [0.2, 0.25) is 5.95 Å². The monoisotopic (exact) mass is 448 g/mol. The quantitative estimate of drug-likeness (QED) is 0.357. The molecule has 0 aliphatic heterocycles. The van der Waals surface area contributed by atoms with Gasteiger partial charge in [0.1, 0.15) is 0 Å². The van der Waals surface area contributed by atoms with Crippen LogP contribution in [0.15, 0.2) is 69.0 Å². The van der Waals surface area contributed by atoms with Gasteiger partial charge in [0.05, 0.1) is 21.8 Å². The summed E-state index contributed by atoms with van der Waals surface area (Å²) in [5, 5.41) is 0.740. The number of H-pyrrole nitrogens is 3. The van der Waals surface area contributed by atoms with Gasteiger partial charge in [0, 0.05) is 6.07 Å². The normalized spacial score (nSPS) is 11.2. The van der Waals surface area contributed by atoms with Gasteiger partial charge in [-0.3, -0.25) is 19.4 Å². The topological polar surface area (TPSA) is 121 Å². The number of hydrogen-bond donors (Lipinski definition) is 3. The van der Waals surface area contributed by atoms with Crippen LogP contribution >= 0.6 is 24.4 Å². The molecule has 0 aliphatic carbocycles. The molecule has 0 bridgehead atoms. The SMILES string of the molecule is O=c1cc(-n2c(=S)[nH]c3ccccc3c2=O)nc(-n2c(=S)[nH]c3ccccc3c2=O)[nH]1. The third-order valence-electron chi connectivity index (χ3n) is 4.77. The van der Waals surface area contributed by atoms with Crippen LogP contribution in [-0.4, -0.2) is 29.1 Å². The van der Waals surface area contributed by atoms with Gasteiger partial charge in [0.15, 0.2) is 15.4 Å². The second-order valence-corrected chi connectivity index (χ2v) is 7.43. The molecule has 0 atom stereocenters. The Labute approximate surface area is 182 Å². The maximum absolute atomic E-state index is 13.0. The van der Waals surface area contributed by atoms with Crippen LogP contribution in [0, 0.1) is 9.54 Å². The molecule has 2 aromatic carbocycles. The zero-order valence-corrected chi connectivity index (χ0v) is 17.2. The van der Waals surface area contributed by atoms with Crippen molar-refractivity contribution >= 4 is 46.2 Å². The van der Waals surface area contributed by atoms with Crippen LogP contribution < -0.4 is 16.7 Å². The molecule has 0 radical (unpaired) electrons. The standard InChI is InChI=1S/C20H12N6O3S2/c27-15-9-14(25-16(28)10-5-1-3-7-12(10)21-19(25)30)23-18(24-15)26-17(29)11-6-2-4-8-13(11)22-20(26)31/h1-9H,(H,21,30)(H,22,31)(H,23,24,27). The second-order valence-electron chi connectivity index (χ2n) is 6.66. The largest absolute Gasteiger partial charge is 0.331 e. The lowest BCUT2D eigenvalue weighted by atomic mass is 10.2. The van der Waals surface area contributed by atoms with E-state index < -0.39 is 16.7 Å². The first-order valence-electron chi connectivity index (χ1n) is 9.04. The summed E-state index contributed by atoms with van der Waals surface area (Å²) in [7, 11) is 0. The number of para-hydroxylation sites is 2. The van der Waals surface area contributed by atoms with Gasteiger partial charge in [-0.05, 0) is 48.7 Å². The number of fused-ring (bicyclic) bond motifs is 2. The lowest BCUT2D eigenvalue weighted by Crippen LogP contribution is -2.28. The molecule has 5 rings (SSSR count). The Bertz CT molecular complexity index is 1680. The molecule has 11 heteroatoms. The average molecular weight is 448 g/mol. The maximum atomic E-state index is 13.0. The summed E-state index contributed by atoms with van der Waals surface area (Å²) in [6.45, 7) is 0. The minimum atomic E-state index is -0.580. The van der Waals surface area contributed by atoms with Crippen LogP contribution in [0.25, 0.3) is 33.6 Å². The number of aromatic amines is 3. The molecule has 0 saturated heterocycles. The van der Waals surface area contributed by atoms with Crippen molar-refractivity contribution in [2.75, 3.05) is 0 Å². The molecule has 0 aliphatic rings. The van der Waals surface area contributed by atoms with E-state index in [-0.39, 0.29) is 21.3 Å². The zero-order valence-electron chi connectivity index (χ0n) is 15.6. The summed E-state index contributed by atoms with van der Waals surface area (Å²) < 4.78 is 2.28. The smallest absolute Gasteiger partial charge is 0.269 e. The van der Waals surface area contributed by atoms with Crippen LogP contribution in [0.4, 0.5) is 0 Å². The Balaban J connectivity index is 1.83. The van der Waals surface area contributed by atoms with E-state index >= 15 is 0 Å². The van der Waals surface area contributed by atoms with Gasteiger partial charge >= 0.3 is 0 Å². The molecule has 5 aromatic rings. The number of benzene rings is 2. The van der Waals surface area contributed by atoms with Crippen molar-refractivity contribution in [3.05, 3.63) is 95.2 Å². The van der Waals surface area contributed by atoms with E-state index in [2.05, 4.69) is 19.9 Å². The number of nitrogens with zero attached hydrogens (tertiary/aromatic N) is 3. The summed E-state index contributed by atoms with van der Waals surface area (Å²) in [5.74, 6) is -0.167. The fourth-order valence-electron chi connectivity index (χ4n) is 3.38. The molecule has 31 heavy (non-hydrogen) atoms. The average Bonchev–Trinajstić information content (AvgIpc) is 2.73. The van der Waals surface area contributed by atoms with E-state index in [9.17, 15) is 14.4 Å². The van der Waals surface area contributed by atoms with E-state index in [4.69, 9.17) is 24.4 Å². The molecule has 3 aromatic heterocycles. The fourth-order valence-corrected chi connectivity index (χ4v) is 3.94. The van der Waals surface area contributed by atoms with Gasteiger partial charge in [-0.15, -0.1) is 0 Å². The minimum absolute atomic E-state index is 0.0368. The van der Waals surface area contributed by atoms with Crippen LogP contribution in [0.3, 0.4) is 0 Å². The molecule has 3 N–H and O–H groups in total. The molecule has 0 saturated carbocycles. The van der Waals surface area contributed by atoms with Gasteiger partial charge in [-0.1, -0.05) is 24.3 Å². The molecular formula is C20H12N6O3S2. The first-order valence-corrected chi connectivity index (χ1v) is 9.86. The molecule has 0 amide bonds. The lowest BCUT2D eigenvalue weighted by molar-refractivity contribution is 0.812. The third-order valence-corrected chi connectivity index (χ3v) is 5.34. The molecule has 9 nitrogen and oxygen atoms in total. The van der Waals surface area contributed by atoms with Gasteiger partial charge < -0.3 is 9.97 Å². The lowest BCUT2D eigenvalue weighted by Gasteiger charge is -2.10. The summed E-state index contributed by atoms with van der Waals surface area (Å²) in [4.78, 5) is 51.2. The van der Waals surface area contributed by atoms with Gasteiger partial charge in [-0.25, -0.2) is 9.13 Å². The first kappa shape index (κ1) is 19.0. The van der Waals surface area contributed by atoms with E-state index in [0.717, 1.165) is 15.2 Å². The van der Waals surface area contributed by atoms with E-state index in [0.29, 0.717) is 21.8 Å². The van der Waals surface area contributed by atoms with E-state index in [1.807, 2.05) is 0 Å². The molecule has 0 unspecified atom stereocenters. The van der Waals surface area contributed by atoms with Crippen molar-refractivity contribution in [3.8, 4) is 11.8 Å². The number of rotatable bonds is 2. The van der Waals surface area contributed by atoms with Gasteiger partial charge in [0.25, 0.3) is 16.7 Å². The molecule has 0 fully saturated rings. The zero-order chi connectivity index (χ0) is 21.7. The summed E-state index contributed by atoms with van der Waals surface area (Å²) in [5.41, 5.74) is -0.369. The van der Waals surface area contributed by atoms with Crippen molar-refractivity contribution in [3.63, 3.8) is 0 Å². The highest BCUT2D eigenvalue weighted by Crippen LogP contribution is 2.11. The molecule has 0 spiro atoms. The van der Waals surface area contributed by atoms with Crippen LogP contribution in [-0.2, 0) is 0 Å². The molecule has 152 valence electrons. The van der Waals surface area contributed by atoms with Crippen LogP contribution in [0.1, 0.15) is 0 Å². The molecular weight excluding hydrogens is 436 g/mol. The van der Waals surface area contributed by atoms with Crippen molar-refractivity contribution in [1.29, 1.82) is 0 Å². The number of nitrogens with one attached hydrogen (secondary N) is 3. The number of hydrogen-bond acceptors (Lipinski definition) is 6. The second kappa shape index (κ2) is 7.07. The van der Waals surface area contributed by atoms with E-state index in [1.165, 1.54) is 0 Å². The summed E-state index contributed by atoms with van der Waals surface area (Å²) >= 11 is 10.6. The molecule has 3 heterocycles. The van der Waals surface area contributed by atoms with Crippen molar-refractivity contribution < 1.29 is 0 Å². The minimum Gasteiger partial charge on any atom is -0.331 e. The highest BCUT2D eigenvalue weighted by Gasteiger charge is 2.14. The maximum Gasteiger partial charge on any atom is 0.269 e. The Kier molecular flexibility index (Phi) is 4.34. The third kappa shape index (κ3) is 3.07. The highest BCUT2D eigenvalue weighted by molar-refractivity contribution is 7.71. The Morgan fingerprint density at radius 2 is 1.23 bits per heavy atom. The summed E-state index contributed by atoms with van der Waals surface area (Å²) in [6.07, 6.45) is 0. The van der Waals surface area contributed by atoms with Crippen LogP contribution in [0.5, 0.6) is 0 Å². The van der Waals surface area contributed by atoms with Crippen molar-refractivity contribution in [1.82, 2.24) is 29.1 Å². The number of aromatic nitrogens is 6.